The van der Waals surface area contributed by atoms with Crippen LogP contribution < -0.4 is 5.32 Å². The van der Waals surface area contributed by atoms with Crippen LogP contribution in [0.25, 0.3) is 0 Å². The van der Waals surface area contributed by atoms with E-state index in [4.69, 9.17) is 11.6 Å². The molecule has 0 aromatic rings. The molecule has 2 atom stereocenters. The first-order chi connectivity index (χ1) is 6.01. The molecule has 0 spiro atoms. The van der Waals surface area contributed by atoms with E-state index in [9.17, 15) is 4.79 Å². The molecule has 2 nitrogen and oxygen atoms in total. The van der Waals surface area contributed by atoms with Crippen LogP contribution in [-0.4, -0.2) is 17.8 Å². The zero-order valence-corrected chi connectivity index (χ0v) is 9.32. The van der Waals surface area contributed by atoms with E-state index in [-0.39, 0.29) is 5.91 Å². The van der Waals surface area contributed by atoms with E-state index in [1.165, 1.54) is 0 Å². The molecule has 0 radical (unpaired) electrons. The van der Waals surface area contributed by atoms with Crippen molar-refractivity contribution in [1.29, 1.82) is 0 Å². The topological polar surface area (TPSA) is 29.1 Å². The lowest BCUT2D eigenvalue weighted by molar-refractivity contribution is -0.128. The summed E-state index contributed by atoms with van der Waals surface area (Å²) in [6.07, 6.45) is 2.30. The zero-order chi connectivity index (χ0) is 10.1. The molecule has 1 aliphatic rings. The quantitative estimate of drug-likeness (QED) is 0.698. The first-order valence-corrected chi connectivity index (χ1v) is 5.41. The van der Waals surface area contributed by atoms with Gasteiger partial charge in [0.25, 0.3) is 0 Å². The van der Waals surface area contributed by atoms with E-state index in [2.05, 4.69) is 12.2 Å². The van der Waals surface area contributed by atoms with Crippen molar-refractivity contribution in [3.8, 4) is 0 Å². The fraction of sp³-hybridized carbons (Fsp3) is 0.900. The number of hydrogen-bond donors (Lipinski definition) is 1. The second-order valence-corrected chi connectivity index (χ2v) is 4.77. The molecule has 1 N–H and O–H groups in total. The number of carbonyl (C=O) groups is 1. The van der Waals surface area contributed by atoms with Crippen molar-refractivity contribution >= 4 is 17.5 Å². The number of rotatable bonds is 4. The third-order valence-electron chi connectivity index (χ3n) is 2.71. The Bertz CT molecular complexity index is 203. The molecule has 2 unspecified atom stereocenters. The first-order valence-electron chi connectivity index (χ1n) is 4.88. The summed E-state index contributed by atoms with van der Waals surface area (Å²) in [5.41, 5.74) is -0.428. The lowest BCUT2D eigenvalue weighted by Crippen LogP contribution is -2.39. The molecule has 0 bridgehead atoms. The highest BCUT2D eigenvalue weighted by Crippen LogP contribution is 2.34. The number of amides is 1. The highest BCUT2D eigenvalue weighted by atomic mass is 35.5. The first kappa shape index (κ1) is 10.8. The van der Waals surface area contributed by atoms with Gasteiger partial charge in [-0.05, 0) is 26.2 Å². The largest absolute Gasteiger partial charge is 0.353 e. The molecule has 0 aromatic heterocycles. The normalized spacial score (nSPS) is 27.1. The van der Waals surface area contributed by atoms with Gasteiger partial charge in [-0.1, -0.05) is 13.3 Å². The monoisotopic (exact) mass is 203 g/mol. The Morgan fingerprint density at radius 2 is 2.23 bits per heavy atom. The van der Waals surface area contributed by atoms with E-state index in [0.29, 0.717) is 17.8 Å². The highest BCUT2D eigenvalue weighted by Gasteiger charge is 2.39. The molecule has 0 saturated heterocycles. The minimum Gasteiger partial charge on any atom is -0.353 e. The summed E-state index contributed by atoms with van der Waals surface area (Å²) in [6.45, 7) is 5.90. The molecule has 76 valence electrons. The van der Waals surface area contributed by atoms with Crippen molar-refractivity contribution in [1.82, 2.24) is 5.32 Å². The molecule has 1 saturated carbocycles. The third-order valence-corrected chi connectivity index (χ3v) is 3.38. The average Bonchev–Trinajstić information content (AvgIpc) is 2.83. The van der Waals surface area contributed by atoms with E-state index < -0.39 is 5.41 Å². The summed E-state index contributed by atoms with van der Waals surface area (Å²) in [5, 5.41) is 3.02. The van der Waals surface area contributed by atoms with Gasteiger partial charge in [-0.2, -0.15) is 0 Å². The van der Waals surface area contributed by atoms with Gasteiger partial charge in [0, 0.05) is 11.9 Å². The van der Waals surface area contributed by atoms with Crippen LogP contribution in [-0.2, 0) is 4.79 Å². The van der Waals surface area contributed by atoms with Crippen LogP contribution in [0.1, 0.15) is 33.6 Å². The number of nitrogens with one attached hydrogen (secondary N) is 1. The van der Waals surface area contributed by atoms with Crippen molar-refractivity contribution in [3.05, 3.63) is 0 Å². The Morgan fingerprint density at radius 1 is 1.62 bits per heavy atom. The van der Waals surface area contributed by atoms with Crippen LogP contribution in [0.2, 0.25) is 0 Å². The second kappa shape index (κ2) is 3.87. The lowest BCUT2D eigenvalue weighted by atomic mass is 9.95. The maximum Gasteiger partial charge on any atom is 0.227 e. The van der Waals surface area contributed by atoms with Crippen LogP contribution >= 0.6 is 11.6 Å². The van der Waals surface area contributed by atoms with Crippen LogP contribution in [0, 0.1) is 11.3 Å². The van der Waals surface area contributed by atoms with Crippen molar-refractivity contribution in [2.75, 3.05) is 5.88 Å². The lowest BCUT2D eigenvalue weighted by Gasteiger charge is -2.20. The number of carbonyl (C=O) groups excluding carboxylic acids is 1. The molecule has 1 amide bonds. The van der Waals surface area contributed by atoms with Crippen molar-refractivity contribution < 1.29 is 4.79 Å². The van der Waals surface area contributed by atoms with Gasteiger partial charge in [0.2, 0.25) is 5.91 Å². The summed E-state index contributed by atoms with van der Waals surface area (Å²) >= 11 is 5.70. The van der Waals surface area contributed by atoms with E-state index in [1.54, 1.807) is 0 Å². The molecule has 1 fully saturated rings. The predicted octanol–water partition coefficient (Wildman–Crippen LogP) is 2.17. The van der Waals surface area contributed by atoms with Crippen molar-refractivity contribution in [2.45, 2.75) is 39.7 Å². The highest BCUT2D eigenvalue weighted by molar-refractivity contribution is 6.19. The molecular formula is C10H18ClNO. The van der Waals surface area contributed by atoms with Gasteiger partial charge in [0.15, 0.2) is 0 Å². The van der Waals surface area contributed by atoms with E-state index in [1.807, 2.05) is 13.8 Å². The minimum atomic E-state index is -0.428. The van der Waals surface area contributed by atoms with E-state index >= 15 is 0 Å². The van der Waals surface area contributed by atoms with Gasteiger partial charge >= 0.3 is 0 Å². The zero-order valence-electron chi connectivity index (χ0n) is 8.56. The molecule has 0 aliphatic heterocycles. The van der Waals surface area contributed by atoms with Gasteiger partial charge in [-0.3, -0.25) is 4.79 Å². The van der Waals surface area contributed by atoms with E-state index in [0.717, 1.165) is 12.8 Å². The Kier molecular flexibility index (Phi) is 3.23. The summed E-state index contributed by atoms with van der Waals surface area (Å²) in [7, 11) is 0. The fourth-order valence-corrected chi connectivity index (χ4v) is 1.42. The molecule has 1 rings (SSSR count). The predicted molar refractivity (Wildman–Crippen MR) is 54.8 cm³/mol. The molecule has 3 heteroatoms. The molecule has 1 aliphatic carbocycles. The maximum atomic E-state index is 11.6. The molecule has 13 heavy (non-hydrogen) atoms. The van der Waals surface area contributed by atoms with Gasteiger partial charge in [0.05, 0.1) is 5.41 Å². The number of halogens is 1. The van der Waals surface area contributed by atoms with Crippen LogP contribution in [0.15, 0.2) is 0 Å². The van der Waals surface area contributed by atoms with Gasteiger partial charge < -0.3 is 5.32 Å². The Labute approximate surface area is 85.0 Å². The summed E-state index contributed by atoms with van der Waals surface area (Å²) in [4.78, 5) is 11.6. The maximum absolute atomic E-state index is 11.6. The summed E-state index contributed by atoms with van der Waals surface area (Å²) in [6, 6.07) is 0.417. The Balaban J connectivity index is 2.34. The molecule has 0 heterocycles. The number of hydrogen-bond acceptors (Lipinski definition) is 1. The smallest absolute Gasteiger partial charge is 0.227 e. The van der Waals surface area contributed by atoms with Gasteiger partial charge in [-0.15, -0.1) is 11.6 Å². The van der Waals surface area contributed by atoms with Crippen molar-refractivity contribution in [3.63, 3.8) is 0 Å². The Hall–Kier alpha value is -0.240. The third kappa shape index (κ3) is 2.60. The van der Waals surface area contributed by atoms with Crippen LogP contribution in [0.5, 0.6) is 0 Å². The summed E-state index contributed by atoms with van der Waals surface area (Å²) in [5.74, 6) is 1.17. The van der Waals surface area contributed by atoms with Crippen molar-refractivity contribution in [2.24, 2.45) is 11.3 Å². The minimum absolute atomic E-state index is 0.0865. The summed E-state index contributed by atoms with van der Waals surface area (Å²) < 4.78 is 0. The molecular weight excluding hydrogens is 186 g/mol. The molecule has 0 aromatic carbocycles. The standard InChI is InChI=1S/C10H18ClNO/c1-4-7-5-8(7)12-9(13)10(2,3)6-11/h7-8H,4-6H2,1-3H3,(H,12,13). The fourth-order valence-electron chi connectivity index (χ4n) is 1.30. The van der Waals surface area contributed by atoms with Gasteiger partial charge in [0.1, 0.15) is 0 Å². The van der Waals surface area contributed by atoms with Crippen LogP contribution in [0.4, 0.5) is 0 Å². The number of alkyl halides is 1. The van der Waals surface area contributed by atoms with Crippen LogP contribution in [0.3, 0.4) is 0 Å². The Morgan fingerprint density at radius 3 is 2.62 bits per heavy atom. The van der Waals surface area contributed by atoms with Gasteiger partial charge in [-0.25, -0.2) is 0 Å². The average molecular weight is 204 g/mol. The SMILES string of the molecule is CCC1CC1NC(=O)C(C)(C)CCl. The second-order valence-electron chi connectivity index (χ2n) is 4.50.